The number of aliphatic hydroxyl groups excluding tert-OH is 1. The zero-order valence-corrected chi connectivity index (χ0v) is 12.0. The Morgan fingerprint density at radius 3 is 2.74 bits per heavy atom. The standard InChI is InChI=1S/C16H26N2O/c1-13(2)17-10-15-12-18(9-8-16(15)19)11-14-6-4-3-5-7-14/h3-7,13,15-17,19H,8-12H2,1-2H3/t15-,16+/m1/s1. The zero-order valence-electron chi connectivity index (χ0n) is 12.0. The molecular formula is C16H26N2O. The van der Waals surface area contributed by atoms with Crippen LogP contribution in [-0.2, 0) is 6.54 Å². The Morgan fingerprint density at radius 1 is 1.32 bits per heavy atom. The van der Waals surface area contributed by atoms with E-state index in [9.17, 15) is 5.11 Å². The van der Waals surface area contributed by atoms with Gasteiger partial charge < -0.3 is 10.4 Å². The Kier molecular flexibility index (Phi) is 5.37. The molecule has 2 N–H and O–H groups in total. The molecule has 106 valence electrons. The highest BCUT2D eigenvalue weighted by molar-refractivity contribution is 5.14. The largest absolute Gasteiger partial charge is 0.393 e. The van der Waals surface area contributed by atoms with Crippen molar-refractivity contribution < 1.29 is 5.11 Å². The zero-order chi connectivity index (χ0) is 13.7. The predicted octanol–water partition coefficient (Wildman–Crippen LogP) is 1.87. The Hall–Kier alpha value is -0.900. The molecule has 0 aromatic heterocycles. The first kappa shape index (κ1) is 14.5. The third-order valence-corrected chi connectivity index (χ3v) is 3.82. The Balaban J connectivity index is 1.86. The van der Waals surface area contributed by atoms with Crippen LogP contribution in [0.2, 0.25) is 0 Å². The molecule has 0 amide bonds. The van der Waals surface area contributed by atoms with E-state index in [1.54, 1.807) is 0 Å². The highest BCUT2D eigenvalue weighted by Gasteiger charge is 2.27. The van der Waals surface area contributed by atoms with Gasteiger partial charge in [-0.1, -0.05) is 44.2 Å². The Bertz CT molecular complexity index is 366. The van der Waals surface area contributed by atoms with Gasteiger partial charge in [-0.2, -0.15) is 0 Å². The van der Waals surface area contributed by atoms with Gasteiger partial charge in [0.1, 0.15) is 0 Å². The molecule has 2 atom stereocenters. The fourth-order valence-corrected chi connectivity index (χ4v) is 2.67. The van der Waals surface area contributed by atoms with Gasteiger partial charge in [-0.25, -0.2) is 0 Å². The first-order valence-electron chi connectivity index (χ1n) is 7.33. The average molecular weight is 262 g/mol. The highest BCUT2D eigenvalue weighted by Crippen LogP contribution is 2.19. The minimum Gasteiger partial charge on any atom is -0.393 e. The van der Waals surface area contributed by atoms with Crippen molar-refractivity contribution in [1.82, 2.24) is 10.2 Å². The predicted molar refractivity (Wildman–Crippen MR) is 79.0 cm³/mol. The van der Waals surface area contributed by atoms with Gasteiger partial charge >= 0.3 is 0 Å². The van der Waals surface area contributed by atoms with Gasteiger partial charge in [0.15, 0.2) is 0 Å². The van der Waals surface area contributed by atoms with Crippen molar-refractivity contribution in [3.8, 4) is 0 Å². The number of piperidine rings is 1. The lowest BCUT2D eigenvalue weighted by molar-refractivity contribution is 0.0233. The van der Waals surface area contributed by atoms with Gasteiger partial charge in [0.05, 0.1) is 6.10 Å². The molecule has 1 fully saturated rings. The molecule has 3 nitrogen and oxygen atoms in total. The molecule has 1 aliphatic heterocycles. The summed E-state index contributed by atoms with van der Waals surface area (Å²) < 4.78 is 0. The summed E-state index contributed by atoms with van der Waals surface area (Å²) >= 11 is 0. The molecule has 1 aliphatic rings. The molecule has 1 saturated heterocycles. The van der Waals surface area contributed by atoms with Crippen LogP contribution < -0.4 is 5.32 Å². The fraction of sp³-hybridized carbons (Fsp3) is 0.625. The second-order valence-corrected chi connectivity index (χ2v) is 5.90. The van der Waals surface area contributed by atoms with Gasteiger partial charge in [-0.15, -0.1) is 0 Å². The normalized spacial score (nSPS) is 24.8. The van der Waals surface area contributed by atoms with E-state index in [0.717, 1.165) is 32.6 Å². The van der Waals surface area contributed by atoms with E-state index in [2.05, 4.69) is 54.4 Å². The molecule has 2 rings (SSSR count). The summed E-state index contributed by atoms with van der Waals surface area (Å²) in [6.45, 7) is 8.17. The third kappa shape index (κ3) is 4.60. The van der Waals surface area contributed by atoms with Gasteiger partial charge in [-0.3, -0.25) is 4.90 Å². The Labute approximate surface area is 116 Å². The number of benzene rings is 1. The van der Waals surface area contributed by atoms with Crippen molar-refractivity contribution in [2.24, 2.45) is 5.92 Å². The molecular weight excluding hydrogens is 236 g/mol. The van der Waals surface area contributed by atoms with Crippen molar-refractivity contribution in [3.63, 3.8) is 0 Å². The van der Waals surface area contributed by atoms with E-state index in [4.69, 9.17) is 0 Å². The number of hydrogen-bond donors (Lipinski definition) is 2. The lowest BCUT2D eigenvalue weighted by Gasteiger charge is -2.36. The van der Waals surface area contributed by atoms with Crippen LogP contribution in [0.3, 0.4) is 0 Å². The fourth-order valence-electron chi connectivity index (χ4n) is 2.67. The molecule has 0 radical (unpaired) electrons. The number of nitrogens with zero attached hydrogens (tertiary/aromatic N) is 1. The molecule has 3 heteroatoms. The van der Waals surface area contributed by atoms with Crippen molar-refractivity contribution in [2.45, 2.75) is 39.0 Å². The summed E-state index contributed by atoms with van der Waals surface area (Å²) in [5.74, 6) is 0.347. The van der Waals surface area contributed by atoms with Crippen LogP contribution in [0.1, 0.15) is 25.8 Å². The number of rotatable bonds is 5. The minimum atomic E-state index is -0.154. The SMILES string of the molecule is CC(C)NC[C@@H]1CN(Cc2ccccc2)CC[C@@H]1O. The van der Waals surface area contributed by atoms with Gasteiger partial charge in [-0.05, 0) is 12.0 Å². The smallest absolute Gasteiger partial charge is 0.0605 e. The summed E-state index contributed by atoms with van der Waals surface area (Å²) in [5, 5.41) is 13.5. The highest BCUT2D eigenvalue weighted by atomic mass is 16.3. The van der Waals surface area contributed by atoms with Crippen LogP contribution in [0.5, 0.6) is 0 Å². The maximum absolute atomic E-state index is 10.1. The van der Waals surface area contributed by atoms with E-state index in [1.807, 2.05) is 0 Å². The quantitative estimate of drug-likeness (QED) is 0.850. The van der Waals surface area contributed by atoms with Crippen LogP contribution >= 0.6 is 0 Å². The molecule has 0 unspecified atom stereocenters. The van der Waals surface area contributed by atoms with Crippen LogP contribution in [0.15, 0.2) is 30.3 Å². The van der Waals surface area contributed by atoms with Crippen LogP contribution in [-0.4, -0.2) is 41.8 Å². The van der Waals surface area contributed by atoms with Crippen molar-refractivity contribution in [3.05, 3.63) is 35.9 Å². The van der Waals surface area contributed by atoms with Crippen LogP contribution in [0.25, 0.3) is 0 Å². The minimum absolute atomic E-state index is 0.154. The summed E-state index contributed by atoms with van der Waals surface area (Å²) in [7, 11) is 0. The van der Waals surface area contributed by atoms with Gasteiger partial charge in [0, 0.05) is 38.1 Å². The molecule has 0 saturated carbocycles. The monoisotopic (exact) mass is 262 g/mol. The number of hydrogen-bond acceptors (Lipinski definition) is 3. The van der Waals surface area contributed by atoms with Crippen LogP contribution in [0.4, 0.5) is 0 Å². The maximum Gasteiger partial charge on any atom is 0.0605 e. The van der Waals surface area contributed by atoms with E-state index in [1.165, 1.54) is 5.56 Å². The molecule has 0 aliphatic carbocycles. The summed E-state index contributed by atoms with van der Waals surface area (Å²) in [5.41, 5.74) is 1.36. The van der Waals surface area contributed by atoms with E-state index >= 15 is 0 Å². The summed E-state index contributed by atoms with van der Waals surface area (Å²) in [4.78, 5) is 2.45. The molecule has 0 bridgehead atoms. The third-order valence-electron chi connectivity index (χ3n) is 3.82. The van der Waals surface area contributed by atoms with E-state index in [0.29, 0.717) is 12.0 Å². The number of nitrogens with one attached hydrogen (secondary N) is 1. The lowest BCUT2D eigenvalue weighted by atomic mass is 9.94. The first-order chi connectivity index (χ1) is 9.15. The second kappa shape index (κ2) is 7.04. The molecule has 0 spiro atoms. The topological polar surface area (TPSA) is 35.5 Å². The van der Waals surface area contributed by atoms with Gasteiger partial charge in [0.2, 0.25) is 0 Å². The van der Waals surface area contributed by atoms with Crippen molar-refractivity contribution in [2.75, 3.05) is 19.6 Å². The molecule has 1 aromatic rings. The van der Waals surface area contributed by atoms with Crippen LogP contribution in [0, 0.1) is 5.92 Å². The Morgan fingerprint density at radius 2 is 2.05 bits per heavy atom. The summed E-state index contributed by atoms with van der Waals surface area (Å²) in [6.07, 6.45) is 0.732. The van der Waals surface area contributed by atoms with Gasteiger partial charge in [0.25, 0.3) is 0 Å². The van der Waals surface area contributed by atoms with E-state index < -0.39 is 0 Å². The summed E-state index contributed by atoms with van der Waals surface area (Å²) in [6, 6.07) is 11.1. The first-order valence-corrected chi connectivity index (χ1v) is 7.33. The second-order valence-electron chi connectivity index (χ2n) is 5.90. The molecule has 19 heavy (non-hydrogen) atoms. The van der Waals surface area contributed by atoms with E-state index in [-0.39, 0.29) is 6.10 Å². The number of likely N-dealkylation sites (tertiary alicyclic amines) is 1. The molecule has 1 aromatic carbocycles. The van der Waals surface area contributed by atoms with Crippen molar-refractivity contribution in [1.29, 1.82) is 0 Å². The van der Waals surface area contributed by atoms with Crippen molar-refractivity contribution >= 4 is 0 Å². The average Bonchev–Trinajstić information content (AvgIpc) is 2.40. The number of aliphatic hydroxyl groups is 1. The maximum atomic E-state index is 10.1. The molecule has 1 heterocycles. The lowest BCUT2D eigenvalue weighted by Crippen LogP contribution is -2.47.